The average Bonchev–Trinajstić information content (AvgIpc) is 2.98. The molecule has 39 heavy (non-hydrogen) atoms. The van der Waals surface area contributed by atoms with Crippen LogP contribution in [-0.4, -0.2) is 56.1 Å². The molecule has 0 unspecified atom stereocenters. The lowest BCUT2D eigenvalue weighted by Crippen LogP contribution is -2.49. The van der Waals surface area contributed by atoms with E-state index in [-0.39, 0.29) is 5.91 Å². The number of aryl methyl sites for hydroxylation is 2. The molecule has 2 fully saturated rings. The van der Waals surface area contributed by atoms with E-state index in [9.17, 15) is 15.3 Å². The Morgan fingerprint density at radius 3 is 1.87 bits per heavy atom. The van der Waals surface area contributed by atoms with E-state index >= 15 is 0 Å². The second-order valence-corrected chi connectivity index (χ2v) is 10.4. The fourth-order valence-corrected chi connectivity index (χ4v) is 5.73. The van der Waals surface area contributed by atoms with Gasteiger partial charge >= 0.3 is 0 Å². The first-order valence-electron chi connectivity index (χ1n) is 13.6. The molecule has 3 aromatic rings. The molecule has 5 rings (SSSR count). The maximum absolute atomic E-state index is 13.6. The van der Waals surface area contributed by atoms with Crippen molar-refractivity contribution in [3.8, 4) is 12.1 Å². The lowest BCUT2D eigenvalue weighted by molar-refractivity contribution is 0.0746. The zero-order valence-electron chi connectivity index (χ0n) is 22.7. The van der Waals surface area contributed by atoms with Crippen molar-refractivity contribution in [3.05, 3.63) is 88.5 Å². The van der Waals surface area contributed by atoms with Crippen LogP contribution >= 0.6 is 0 Å². The number of nitrogens with one attached hydrogen (secondary N) is 1. The number of piperidine rings is 1. The molecular formula is C32H34N6O. The van der Waals surface area contributed by atoms with E-state index in [1.807, 2.05) is 66.4 Å². The Kier molecular flexibility index (Phi) is 7.70. The fourth-order valence-electron chi connectivity index (χ4n) is 5.73. The number of nitrogens with zero attached hydrogens (tertiary/aromatic N) is 5. The highest BCUT2D eigenvalue weighted by atomic mass is 16.2. The van der Waals surface area contributed by atoms with Gasteiger partial charge in [-0.2, -0.15) is 10.5 Å². The SMILES string of the molecule is Cc1cc(C)c(C(=O)N2CCN(c3ccccc3C#N)CC2)cc1NC1CCN(c2ccccc2C#N)CC1. The van der Waals surface area contributed by atoms with E-state index in [4.69, 9.17) is 0 Å². The Morgan fingerprint density at radius 2 is 1.31 bits per heavy atom. The smallest absolute Gasteiger partial charge is 0.254 e. The Labute approximate surface area is 230 Å². The second kappa shape index (κ2) is 11.5. The molecule has 2 heterocycles. The summed E-state index contributed by atoms with van der Waals surface area (Å²) in [6, 6.07) is 24.5. The van der Waals surface area contributed by atoms with Crippen LogP contribution in [0.4, 0.5) is 17.1 Å². The summed E-state index contributed by atoms with van der Waals surface area (Å²) in [6.45, 7) is 8.51. The lowest BCUT2D eigenvalue weighted by Gasteiger charge is -2.37. The minimum atomic E-state index is 0.0618. The van der Waals surface area contributed by atoms with Crippen molar-refractivity contribution in [1.82, 2.24) is 4.90 Å². The number of carbonyl (C=O) groups is 1. The molecule has 2 saturated heterocycles. The third-order valence-electron chi connectivity index (χ3n) is 7.95. The Morgan fingerprint density at radius 1 is 0.769 bits per heavy atom. The Hall–Kier alpha value is -4.49. The molecule has 1 N–H and O–H groups in total. The Balaban J connectivity index is 1.23. The largest absolute Gasteiger partial charge is 0.382 e. The molecule has 2 aliphatic rings. The van der Waals surface area contributed by atoms with Gasteiger partial charge in [0.2, 0.25) is 0 Å². The molecule has 0 spiro atoms. The standard InChI is InChI=1S/C32H34N6O/c1-23-19-24(2)29(35-27-11-13-36(14-12-27)30-9-5-3-7-25(30)21-33)20-28(23)32(39)38-17-15-37(16-18-38)31-10-6-4-8-26(31)22-34/h3-10,19-20,27,35H,11-18H2,1-2H3. The van der Waals surface area contributed by atoms with Gasteiger partial charge in [-0.1, -0.05) is 30.3 Å². The second-order valence-electron chi connectivity index (χ2n) is 10.4. The zero-order chi connectivity index (χ0) is 27.4. The van der Waals surface area contributed by atoms with Crippen molar-refractivity contribution in [2.75, 3.05) is 54.4 Å². The van der Waals surface area contributed by atoms with Gasteiger partial charge < -0.3 is 20.0 Å². The van der Waals surface area contributed by atoms with Crippen LogP contribution in [0.15, 0.2) is 60.7 Å². The van der Waals surface area contributed by atoms with Crippen LogP contribution in [0.25, 0.3) is 0 Å². The van der Waals surface area contributed by atoms with Crippen LogP contribution in [0, 0.1) is 36.5 Å². The van der Waals surface area contributed by atoms with Gasteiger partial charge in [0.15, 0.2) is 0 Å². The summed E-state index contributed by atoms with van der Waals surface area (Å²) in [4.78, 5) is 20.0. The summed E-state index contributed by atoms with van der Waals surface area (Å²) in [5, 5.41) is 22.6. The summed E-state index contributed by atoms with van der Waals surface area (Å²) in [5.74, 6) is 0.0618. The molecule has 0 saturated carbocycles. The highest BCUT2D eigenvalue weighted by Gasteiger charge is 2.26. The summed E-state index contributed by atoms with van der Waals surface area (Å²) < 4.78 is 0. The number of para-hydroxylation sites is 2. The van der Waals surface area contributed by atoms with Gasteiger partial charge in [0, 0.05) is 56.6 Å². The van der Waals surface area contributed by atoms with Crippen molar-refractivity contribution in [1.29, 1.82) is 10.5 Å². The van der Waals surface area contributed by atoms with E-state index in [2.05, 4.69) is 40.2 Å². The highest BCUT2D eigenvalue weighted by molar-refractivity contribution is 5.97. The Bertz CT molecular complexity index is 1440. The van der Waals surface area contributed by atoms with Crippen molar-refractivity contribution < 1.29 is 4.79 Å². The van der Waals surface area contributed by atoms with E-state index < -0.39 is 0 Å². The molecule has 3 aromatic carbocycles. The summed E-state index contributed by atoms with van der Waals surface area (Å²) >= 11 is 0. The quantitative estimate of drug-likeness (QED) is 0.506. The molecule has 0 radical (unpaired) electrons. The van der Waals surface area contributed by atoms with Crippen molar-refractivity contribution in [2.45, 2.75) is 32.7 Å². The van der Waals surface area contributed by atoms with Gasteiger partial charge in [-0.15, -0.1) is 0 Å². The number of benzene rings is 3. The molecule has 0 bridgehead atoms. The number of nitriles is 2. The monoisotopic (exact) mass is 518 g/mol. The van der Waals surface area contributed by atoms with Crippen LogP contribution in [0.2, 0.25) is 0 Å². The predicted octanol–water partition coefficient (Wildman–Crippen LogP) is 5.09. The van der Waals surface area contributed by atoms with Gasteiger partial charge in [0.25, 0.3) is 5.91 Å². The number of rotatable bonds is 5. The van der Waals surface area contributed by atoms with Crippen molar-refractivity contribution in [3.63, 3.8) is 0 Å². The third kappa shape index (κ3) is 5.54. The van der Waals surface area contributed by atoms with E-state index in [0.717, 1.165) is 65.2 Å². The molecule has 1 amide bonds. The van der Waals surface area contributed by atoms with Crippen LogP contribution in [0.1, 0.15) is 45.5 Å². The van der Waals surface area contributed by atoms with Gasteiger partial charge in [-0.05, 0) is 68.1 Å². The summed E-state index contributed by atoms with van der Waals surface area (Å²) in [7, 11) is 0. The molecular weight excluding hydrogens is 484 g/mol. The summed E-state index contributed by atoms with van der Waals surface area (Å²) in [5.41, 5.74) is 7.22. The van der Waals surface area contributed by atoms with Crippen LogP contribution < -0.4 is 15.1 Å². The van der Waals surface area contributed by atoms with Crippen LogP contribution in [0.5, 0.6) is 0 Å². The molecule has 0 aromatic heterocycles. The number of hydrogen-bond acceptors (Lipinski definition) is 6. The first-order chi connectivity index (χ1) is 19.0. The molecule has 7 heteroatoms. The maximum Gasteiger partial charge on any atom is 0.254 e. The van der Waals surface area contributed by atoms with E-state index in [1.165, 1.54) is 0 Å². The van der Waals surface area contributed by atoms with Crippen molar-refractivity contribution >= 4 is 23.0 Å². The van der Waals surface area contributed by atoms with Crippen LogP contribution in [0.3, 0.4) is 0 Å². The number of amides is 1. The molecule has 2 aliphatic heterocycles. The van der Waals surface area contributed by atoms with E-state index in [1.54, 1.807) is 0 Å². The first-order valence-corrected chi connectivity index (χ1v) is 13.6. The summed E-state index contributed by atoms with van der Waals surface area (Å²) in [6.07, 6.45) is 1.92. The lowest BCUT2D eigenvalue weighted by atomic mass is 9.99. The van der Waals surface area contributed by atoms with Gasteiger partial charge in [0.05, 0.1) is 22.5 Å². The number of piperazine rings is 1. The van der Waals surface area contributed by atoms with Gasteiger partial charge in [-0.25, -0.2) is 0 Å². The maximum atomic E-state index is 13.6. The third-order valence-corrected chi connectivity index (χ3v) is 7.95. The predicted molar refractivity (Wildman–Crippen MR) is 155 cm³/mol. The molecule has 0 atom stereocenters. The van der Waals surface area contributed by atoms with E-state index in [0.29, 0.717) is 37.8 Å². The molecule has 198 valence electrons. The topological polar surface area (TPSA) is 86.4 Å². The van der Waals surface area contributed by atoms with Gasteiger partial charge in [0.1, 0.15) is 12.1 Å². The average molecular weight is 519 g/mol. The van der Waals surface area contributed by atoms with Crippen molar-refractivity contribution in [2.24, 2.45) is 0 Å². The van der Waals surface area contributed by atoms with Gasteiger partial charge in [-0.3, -0.25) is 4.79 Å². The highest BCUT2D eigenvalue weighted by Crippen LogP contribution is 2.28. The fraction of sp³-hybridized carbons (Fsp3) is 0.344. The van der Waals surface area contributed by atoms with Crippen LogP contribution in [-0.2, 0) is 0 Å². The minimum Gasteiger partial charge on any atom is -0.382 e. The molecule has 0 aliphatic carbocycles. The zero-order valence-corrected chi connectivity index (χ0v) is 22.7. The minimum absolute atomic E-state index is 0.0618. The normalized spacial score (nSPS) is 15.9. The molecule has 7 nitrogen and oxygen atoms in total. The number of hydrogen-bond donors (Lipinski definition) is 1. The number of anilines is 3. The number of carbonyl (C=O) groups excluding carboxylic acids is 1. The first kappa shape index (κ1) is 26.1.